The molecule has 0 aliphatic carbocycles. The highest BCUT2D eigenvalue weighted by Crippen LogP contribution is 2.28. The van der Waals surface area contributed by atoms with Crippen molar-refractivity contribution >= 4 is 0 Å². The van der Waals surface area contributed by atoms with Crippen molar-refractivity contribution < 1.29 is 9.84 Å². The van der Waals surface area contributed by atoms with Crippen LogP contribution in [0, 0.1) is 0 Å². The van der Waals surface area contributed by atoms with E-state index in [0.717, 1.165) is 32.5 Å². The topological polar surface area (TPSA) is 32.7 Å². The van der Waals surface area contributed by atoms with Crippen LogP contribution in [0.4, 0.5) is 0 Å². The van der Waals surface area contributed by atoms with E-state index in [1.807, 2.05) is 6.08 Å². The average molecular weight is 241 g/mol. The monoisotopic (exact) mass is 241 g/mol. The first-order valence-electron chi connectivity index (χ1n) is 6.46. The Balaban J connectivity index is 2.50. The highest BCUT2D eigenvalue weighted by molar-refractivity contribution is 4.89. The van der Waals surface area contributed by atoms with Gasteiger partial charge >= 0.3 is 0 Å². The maximum atomic E-state index is 9.94. The van der Waals surface area contributed by atoms with Gasteiger partial charge in [0, 0.05) is 19.6 Å². The van der Waals surface area contributed by atoms with Crippen LogP contribution in [-0.4, -0.2) is 46.9 Å². The zero-order chi connectivity index (χ0) is 13.1. The SMILES string of the molecule is C=CCC[C@@H](O)CN1CC(C)(C)OC(C)(C)C1. The van der Waals surface area contributed by atoms with E-state index in [1.54, 1.807) is 0 Å². The Morgan fingerprint density at radius 3 is 2.29 bits per heavy atom. The molecule has 0 amide bonds. The van der Waals surface area contributed by atoms with Gasteiger partial charge in [-0.1, -0.05) is 6.08 Å². The summed E-state index contributed by atoms with van der Waals surface area (Å²) < 4.78 is 6.01. The Labute approximate surface area is 105 Å². The molecular weight excluding hydrogens is 214 g/mol. The molecule has 1 fully saturated rings. The minimum atomic E-state index is -0.266. The lowest BCUT2D eigenvalue weighted by Crippen LogP contribution is -2.58. The maximum Gasteiger partial charge on any atom is 0.0760 e. The fraction of sp³-hybridized carbons (Fsp3) is 0.857. The van der Waals surface area contributed by atoms with Crippen molar-refractivity contribution in [3.05, 3.63) is 12.7 Å². The number of aliphatic hydroxyl groups excluding tert-OH is 1. The van der Waals surface area contributed by atoms with Crippen molar-refractivity contribution in [2.24, 2.45) is 0 Å². The molecule has 100 valence electrons. The van der Waals surface area contributed by atoms with Crippen LogP contribution in [0.25, 0.3) is 0 Å². The predicted octanol–water partition coefficient (Wildman–Crippen LogP) is 2.20. The molecule has 1 atom stereocenters. The van der Waals surface area contributed by atoms with Gasteiger partial charge in [0.25, 0.3) is 0 Å². The summed E-state index contributed by atoms with van der Waals surface area (Å²) in [5.74, 6) is 0. The Kier molecular flexibility index (Phi) is 4.76. The quantitative estimate of drug-likeness (QED) is 0.749. The molecule has 1 rings (SSSR count). The molecule has 0 aromatic carbocycles. The van der Waals surface area contributed by atoms with Crippen LogP contribution in [0.1, 0.15) is 40.5 Å². The second-order valence-electron chi connectivity index (χ2n) is 6.31. The zero-order valence-corrected chi connectivity index (χ0v) is 11.7. The van der Waals surface area contributed by atoms with E-state index in [0.29, 0.717) is 0 Å². The number of hydrogen-bond acceptors (Lipinski definition) is 3. The molecule has 1 saturated heterocycles. The number of rotatable bonds is 5. The van der Waals surface area contributed by atoms with Crippen molar-refractivity contribution in [2.75, 3.05) is 19.6 Å². The van der Waals surface area contributed by atoms with Crippen molar-refractivity contribution in [1.29, 1.82) is 0 Å². The van der Waals surface area contributed by atoms with E-state index in [4.69, 9.17) is 4.74 Å². The third kappa shape index (κ3) is 5.19. The Bertz CT molecular complexity index is 245. The first-order chi connectivity index (χ1) is 7.74. The minimum Gasteiger partial charge on any atom is -0.392 e. The van der Waals surface area contributed by atoms with Crippen LogP contribution in [0.3, 0.4) is 0 Å². The minimum absolute atomic E-state index is 0.139. The molecule has 17 heavy (non-hydrogen) atoms. The number of morpholine rings is 1. The second-order valence-corrected chi connectivity index (χ2v) is 6.31. The molecule has 3 heteroatoms. The van der Waals surface area contributed by atoms with Crippen LogP contribution in [0.2, 0.25) is 0 Å². The molecule has 1 heterocycles. The Morgan fingerprint density at radius 1 is 1.29 bits per heavy atom. The third-order valence-corrected chi connectivity index (χ3v) is 2.93. The summed E-state index contributed by atoms with van der Waals surface area (Å²) in [6.45, 7) is 14.6. The molecule has 0 bridgehead atoms. The van der Waals surface area contributed by atoms with Gasteiger partial charge in [-0.15, -0.1) is 6.58 Å². The summed E-state index contributed by atoms with van der Waals surface area (Å²) in [5.41, 5.74) is -0.278. The molecule has 1 aliphatic rings. The van der Waals surface area contributed by atoms with Gasteiger partial charge in [0.2, 0.25) is 0 Å². The van der Waals surface area contributed by atoms with Gasteiger partial charge in [0.05, 0.1) is 17.3 Å². The van der Waals surface area contributed by atoms with Gasteiger partial charge in [-0.25, -0.2) is 0 Å². The predicted molar refractivity (Wildman–Crippen MR) is 71.1 cm³/mol. The van der Waals surface area contributed by atoms with Gasteiger partial charge < -0.3 is 9.84 Å². The van der Waals surface area contributed by atoms with Gasteiger partial charge in [0.1, 0.15) is 0 Å². The van der Waals surface area contributed by atoms with E-state index in [9.17, 15) is 5.11 Å². The van der Waals surface area contributed by atoms with Crippen LogP contribution >= 0.6 is 0 Å². The molecule has 0 radical (unpaired) electrons. The van der Waals surface area contributed by atoms with Gasteiger partial charge in [-0.2, -0.15) is 0 Å². The number of nitrogens with zero attached hydrogens (tertiary/aromatic N) is 1. The van der Waals surface area contributed by atoms with Crippen molar-refractivity contribution in [3.63, 3.8) is 0 Å². The van der Waals surface area contributed by atoms with Crippen LogP contribution in [0.5, 0.6) is 0 Å². The second kappa shape index (κ2) is 5.51. The molecule has 1 aliphatic heterocycles. The van der Waals surface area contributed by atoms with Crippen molar-refractivity contribution in [3.8, 4) is 0 Å². The van der Waals surface area contributed by atoms with E-state index < -0.39 is 0 Å². The fourth-order valence-corrected chi connectivity index (χ4v) is 2.77. The lowest BCUT2D eigenvalue weighted by molar-refractivity contribution is -0.183. The fourth-order valence-electron chi connectivity index (χ4n) is 2.77. The lowest BCUT2D eigenvalue weighted by Gasteiger charge is -2.47. The standard InChI is InChI=1S/C14H27NO2/c1-6-7-8-12(16)9-15-10-13(2,3)17-14(4,5)11-15/h6,12,16H,1,7-11H2,2-5H3/t12-/m1/s1. The number of aliphatic hydroxyl groups is 1. The van der Waals surface area contributed by atoms with E-state index in [-0.39, 0.29) is 17.3 Å². The summed E-state index contributed by atoms with van der Waals surface area (Å²) in [4.78, 5) is 2.30. The first-order valence-corrected chi connectivity index (χ1v) is 6.46. The van der Waals surface area contributed by atoms with E-state index >= 15 is 0 Å². The van der Waals surface area contributed by atoms with Crippen LogP contribution in [0.15, 0.2) is 12.7 Å². The van der Waals surface area contributed by atoms with Gasteiger partial charge in [0.15, 0.2) is 0 Å². The molecule has 3 nitrogen and oxygen atoms in total. The molecular formula is C14H27NO2. The maximum absolute atomic E-state index is 9.94. The normalized spacial score (nSPS) is 25.5. The number of β-amino-alcohol motifs (C(OH)–C–C–N with tert-alkyl or cyclic N) is 1. The zero-order valence-electron chi connectivity index (χ0n) is 11.7. The van der Waals surface area contributed by atoms with Crippen molar-refractivity contribution in [1.82, 2.24) is 4.90 Å². The largest absolute Gasteiger partial charge is 0.392 e. The Hall–Kier alpha value is -0.380. The van der Waals surface area contributed by atoms with Gasteiger partial charge in [-0.3, -0.25) is 4.90 Å². The third-order valence-electron chi connectivity index (χ3n) is 2.93. The summed E-state index contributed by atoms with van der Waals surface area (Å²) >= 11 is 0. The number of hydrogen-bond donors (Lipinski definition) is 1. The summed E-state index contributed by atoms with van der Waals surface area (Å²) in [6.07, 6.45) is 3.26. The smallest absolute Gasteiger partial charge is 0.0760 e. The van der Waals surface area contributed by atoms with E-state index in [1.165, 1.54) is 0 Å². The van der Waals surface area contributed by atoms with Crippen LogP contribution < -0.4 is 0 Å². The molecule has 0 saturated carbocycles. The van der Waals surface area contributed by atoms with E-state index in [2.05, 4.69) is 39.2 Å². The molecule has 1 N–H and O–H groups in total. The summed E-state index contributed by atoms with van der Waals surface area (Å²) in [6, 6.07) is 0. The Morgan fingerprint density at radius 2 is 1.82 bits per heavy atom. The molecule has 0 spiro atoms. The first kappa shape index (κ1) is 14.7. The molecule has 0 unspecified atom stereocenters. The number of ether oxygens (including phenoxy) is 1. The summed E-state index contributed by atoms with van der Waals surface area (Å²) in [7, 11) is 0. The highest BCUT2D eigenvalue weighted by atomic mass is 16.5. The average Bonchev–Trinajstić information content (AvgIpc) is 2.09. The van der Waals surface area contributed by atoms with Crippen molar-refractivity contribution in [2.45, 2.75) is 57.8 Å². The molecule has 0 aromatic heterocycles. The molecule has 0 aromatic rings. The lowest BCUT2D eigenvalue weighted by atomic mass is 9.98. The summed E-state index contributed by atoms with van der Waals surface area (Å²) in [5, 5.41) is 9.94. The van der Waals surface area contributed by atoms with Crippen LogP contribution in [-0.2, 0) is 4.74 Å². The van der Waals surface area contributed by atoms with Gasteiger partial charge in [-0.05, 0) is 40.5 Å². The number of allylic oxidation sites excluding steroid dienone is 1. The highest BCUT2D eigenvalue weighted by Gasteiger charge is 2.38.